The predicted molar refractivity (Wildman–Crippen MR) is 88.5 cm³/mol. The Morgan fingerprint density at radius 2 is 1.91 bits per heavy atom. The maximum Gasteiger partial charge on any atom is 0.228 e. The molecule has 2 aliphatic rings. The van der Waals surface area contributed by atoms with Crippen molar-refractivity contribution in [3.05, 3.63) is 16.6 Å². The molecule has 3 rings (SSSR count). The van der Waals surface area contributed by atoms with Crippen molar-refractivity contribution in [1.82, 2.24) is 5.32 Å². The third-order valence-corrected chi connectivity index (χ3v) is 5.49. The van der Waals surface area contributed by atoms with Gasteiger partial charge in [-0.2, -0.15) is 0 Å². The number of piperidine rings is 1. The second kappa shape index (κ2) is 6.08. The number of ether oxygens (including phenoxy) is 2. The van der Waals surface area contributed by atoms with Crippen LogP contribution in [-0.4, -0.2) is 33.2 Å². The van der Waals surface area contributed by atoms with Crippen LogP contribution in [0.1, 0.15) is 19.3 Å². The molecule has 2 N–H and O–H groups in total. The van der Waals surface area contributed by atoms with E-state index in [2.05, 4.69) is 26.6 Å². The van der Waals surface area contributed by atoms with Gasteiger partial charge in [0, 0.05) is 22.5 Å². The second-order valence-electron chi connectivity index (χ2n) is 6.05. The Bertz CT molecular complexity index is 585. The van der Waals surface area contributed by atoms with E-state index in [1.807, 2.05) is 6.07 Å². The van der Waals surface area contributed by atoms with E-state index in [1.54, 1.807) is 20.3 Å². The highest BCUT2D eigenvalue weighted by atomic mass is 79.9. The number of amides is 1. The molecule has 1 aromatic carbocycles. The van der Waals surface area contributed by atoms with Crippen LogP contribution in [0.5, 0.6) is 11.5 Å². The van der Waals surface area contributed by atoms with Crippen molar-refractivity contribution >= 4 is 27.5 Å². The summed E-state index contributed by atoms with van der Waals surface area (Å²) in [6, 6.07) is 3.60. The Balaban J connectivity index is 1.72. The Morgan fingerprint density at radius 3 is 2.55 bits per heavy atom. The van der Waals surface area contributed by atoms with Gasteiger partial charge in [0.25, 0.3) is 0 Å². The number of methoxy groups -OCH3 is 2. The maximum absolute atomic E-state index is 12.5. The van der Waals surface area contributed by atoms with Crippen LogP contribution in [0.2, 0.25) is 0 Å². The minimum atomic E-state index is 0.106. The number of rotatable bonds is 4. The van der Waals surface area contributed by atoms with E-state index in [0.717, 1.165) is 42.5 Å². The standard InChI is InChI=1S/C16H21BrN2O3/c1-21-13-7-11(17)12(8-14(13)22-2)19-15(20)10-9-16(10)3-5-18-6-4-16/h7-8,10,18H,3-6,9H2,1-2H3,(H,19,20). The molecule has 1 unspecified atom stereocenters. The Labute approximate surface area is 138 Å². The molecule has 22 heavy (non-hydrogen) atoms. The number of carbonyl (C=O) groups excluding carboxylic acids is 1. The van der Waals surface area contributed by atoms with Gasteiger partial charge in [0.05, 0.1) is 19.9 Å². The van der Waals surface area contributed by atoms with Crippen molar-refractivity contribution in [2.45, 2.75) is 19.3 Å². The van der Waals surface area contributed by atoms with Gasteiger partial charge < -0.3 is 20.1 Å². The van der Waals surface area contributed by atoms with E-state index in [9.17, 15) is 4.79 Å². The smallest absolute Gasteiger partial charge is 0.228 e. The highest BCUT2D eigenvalue weighted by Crippen LogP contribution is 2.59. The summed E-state index contributed by atoms with van der Waals surface area (Å²) in [5.74, 6) is 1.48. The summed E-state index contributed by atoms with van der Waals surface area (Å²) in [6.07, 6.45) is 3.20. The largest absolute Gasteiger partial charge is 0.493 e. The molecule has 5 nitrogen and oxygen atoms in total. The first-order chi connectivity index (χ1) is 10.6. The molecule has 2 fully saturated rings. The summed E-state index contributed by atoms with van der Waals surface area (Å²) < 4.78 is 11.3. The zero-order valence-electron chi connectivity index (χ0n) is 12.9. The van der Waals surface area contributed by atoms with E-state index < -0.39 is 0 Å². The third kappa shape index (κ3) is 2.82. The number of halogens is 1. The zero-order chi connectivity index (χ0) is 15.7. The molecule has 0 radical (unpaired) electrons. The third-order valence-electron chi connectivity index (χ3n) is 4.84. The highest BCUT2D eigenvalue weighted by molar-refractivity contribution is 9.10. The quantitative estimate of drug-likeness (QED) is 0.857. The fourth-order valence-electron chi connectivity index (χ4n) is 3.37. The van der Waals surface area contributed by atoms with Crippen LogP contribution in [0.3, 0.4) is 0 Å². The molecule has 120 valence electrons. The monoisotopic (exact) mass is 368 g/mol. The van der Waals surface area contributed by atoms with Gasteiger partial charge in [-0.05, 0) is 53.7 Å². The molecular formula is C16H21BrN2O3. The molecule has 1 aliphatic carbocycles. The summed E-state index contributed by atoms with van der Waals surface area (Å²) in [5, 5.41) is 6.38. The van der Waals surface area contributed by atoms with Gasteiger partial charge in [-0.25, -0.2) is 0 Å². The van der Waals surface area contributed by atoms with Gasteiger partial charge in [-0.1, -0.05) is 0 Å². The van der Waals surface area contributed by atoms with Crippen LogP contribution in [-0.2, 0) is 4.79 Å². The summed E-state index contributed by atoms with van der Waals surface area (Å²) in [4.78, 5) is 12.5. The summed E-state index contributed by atoms with van der Waals surface area (Å²) in [6.45, 7) is 2.04. The molecular weight excluding hydrogens is 348 g/mol. The van der Waals surface area contributed by atoms with Crippen molar-refractivity contribution in [2.75, 3.05) is 32.6 Å². The van der Waals surface area contributed by atoms with Crippen molar-refractivity contribution in [2.24, 2.45) is 11.3 Å². The number of nitrogens with one attached hydrogen (secondary N) is 2. The van der Waals surface area contributed by atoms with Gasteiger partial charge in [-0.3, -0.25) is 4.79 Å². The Kier molecular flexibility index (Phi) is 4.32. The number of carbonyl (C=O) groups is 1. The van der Waals surface area contributed by atoms with Crippen molar-refractivity contribution in [3.63, 3.8) is 0 Å². The van der Waals surface area contributed by atoms with E-state index >= 15 is 0 Å². The van der Waals surface area contributed by atoms with Gasteiger partial charge in [-0.15, -0.1) is 0 Å². The average Bonchev–Trinajstić information content (AvgIpc) is 3.22. The van der Waals surface area contributed by atoms with Crippen LogP contribution in [0.4, 0.5) is 5.69 Å². The first-order valence-electron chi connectivity index (χ1n) is 7.53. The molecule has 1 atom stereocenters. The molecule has 1 aromatic rings. The summed E-state index contributed by atoms with van der Waals surface area (Å²) in [7, 11) is 3.18. The lowest BCUT2D eigenvalue weighted by molar-refractivity contribution is -0.118. The normalized spacial score (nSPS) is 22.2. The number of hydrogen-bond acceptors (Lipinski definition) is 4. The van der Waals surface area contributed by atoms with E-state index in [4.69, 9.17) is 9.47 Å². The summed E-state index contributed by atoms with van der Waals surface area (Å²) in [5.41, 5.74) is 0.955. The molecule has 1 saturated carbocycles. The zero-order valence-corrected chi connectivity index (χ0v) is 14.5. The number of anilines is 1. The minimum absolute atomic E-state index is 0.106. The SMILES string of the molecule is COc1cc(Br)c(NC(=O)C2CC23CCNCC3)cc1OC. The molecule has 1 heterocycles. The van der Waals surface area contributed by atoms with Gasteiger partial charge >= 0.3 is 0 Å². The first-order valence-corrected chi connectivity index (χ1v) is 8.32. The minimum Gasteiger partial charge on any atom is -0.493 e. The lowest BCUT2D eigenvalue weighted by atomic mass is 9.92. The summed E-state index contributed by atoms with van der Waals surface area (Å²) >= 11 is 3.48. The average molecular weight is 369 g/mol. The van der Waals surface area contributed by atoms with Crippen LogP contribution in [0.25, 0.3) is 0 Å². The van der Waals surface area contributed by atoms with E-state index in [-0.39, 0.29) is 17.2 Å². The Morgan fingerprint density at radius 1 is 1.27 bits per heavy atom. The second-order valence-corrected chi connectivity index (χ2v) is 6.90. The molecule has 1 spiro atoms. The first kappa shape index (κ1) is 15.6. The number of hydrogen-bond donors (Lipinski definition) is 2. The number of benzene rings is 1. The van der Waals surface area contributed by atoms with E-state index in [0.29, 0.717) is 11.5 Å². The van der Waals surface area contributed by atoms with Crippen LogP contribution >= 0.6 is 15.9 Å². The fraction of sp³-hybridized carbons (Fsp3) is 0.562. The van der Waals surface area contributed by atoms with Crippen LogP contribution in [0, 0.1) is 11.3 Å². The van der Waals surface area contributed by atoms with Crippen molar-refractivity contribution in [1.29, 1.82) is 0 Å². The van der Waals surface area contributed by atoms with Gasteiger partial charge in [0.2, 0.25) is 5.91 Å². The van der Waals surface area contributed by atoms with Crippen molar-refractivity contribution < 1.29 is 14.3 Å². The maximum atomic E-state index is 12.5. The molecule has 6 heteroatoms. The van der Waals surface area contributed by atoms with Gasteiger partial charge in [0.1, 0.15) is 0 Å². The van der Waals surface area contributed by atoms with Crippen LogP contribution < -0.4 is 20.1 Å². The molecule has 0 aromatic heterocycles. The molecule has 1 aliphatic heterocycles. The molecule has 1 saturated heterocycles. The highest BCUT2D eigenvalue weighted by Gasteiger charge is 2.57. The molecule has 0 bridgehead atoms. The predicted octanol–water partition coefficient (Wildman–Crippen LogP) is 2.79. The Hall–Kier alpha value is -1.27. The lowest BCUT2D eigenvalue weighted by Gasteiger charge is -2.23. The van der Waals surface area contributed by atoms with E-state index in [1.165, 1.54) is 0 Å². The fourth-order valence-corrected chi connectivity index (χ4v) is 3.79. The molecule has 1 amide bonds. The lowest BCUT2D eigenvalue weighted by Crippen LogP contribution is -2.31. The van der Waals surface area contributed by atoms with Crippen molar-refractivity contribution in [3.8, 4) is 11.5 Å². The van der Waals surface area contributed by atoms with Gasteiger partial charge in [0.15, 0.2) is 11.5 Å². The topological polar surface area (TPSA) is 59.6 Å². The van der Waals surface area contributed by atoms with Crippen LogP contribution in [0.15, 0.2) is 16.6 Å².